The Hall–Kier alpha value is -1.63. The molecule has 2 saturated carbocycles. The molecule has 1 aliphatic heterocycles. The van der Waals surface area contributed by atoms with Gasteiger partial charge in [0, 0.05) is 30.8 Å². The van der Waals surface area contributed by atoms with Gasteiger partial charge in [0.1, 0.15) is 5.75 Å². The second kappa shape index (κ2) is 8.54. The number of likely N-dealkylation sites (tertiary alicyclic amines) is 1. The predicted molar refractivity (Wildman–Crippen MR) is 127 cm³/mol. The zero-order chi connectivity index (χ0) is 23.4. The maximum absolute atomic E-state index is 12.7. The van der Waals surface area contributed by atoms with Gasteiger partial charge in [0.15, 0.2) is 0 Å². The van der Waals surface area contributed by atoms with Gasteiger partial charge in [-0.1, -0.05) is 26.3 Å². The number of amides is 1. The number of fused-ring (bicyclic) bond motifs is 1. The molecule has 5 unspecified atom stereocenters. The van der Waals surface area contributed by atoms with Crippen LogP contribution in [0.5, 0.6) is 5.75 Å². The highest BCUT2D eigenvalue weighted by Gasteiger charge is 2.66. The number of nitrogens with one attached hydrogen (secondary N) is 1. The van der Waals surface area contributed by atoms with Crippen molar-refractivity contribution in [2.45, 2.75) is 101 Å². The third-order valence-corrected chi connectivity index (χ3v) is 8.94. The monoisotopic (exact) mass is 456 g/mol. The standard InChI is InChI=1S/C27H40N2O4/c1-17(2)4-3-5-25(32)28-22-14-27(33)24-12-19-8-9-20(30)13-21(19)26(27,15-23(22)31)10-11-29(24)16-18-6-7-18/h8-9,13,17-18,22-24,30-31,33H,3-7,10-12,14-16H2,1-2H3,(H,28,32). The summed E-state index contributed by atoms with van der Waals surface area (Å²) in [6.07, 6.45) is 6.38. The molecule has 0 aromatic heterocycles. The minimum absolute atomic E-state index is 0.0308. The molecule has 6 nitrogen and oxygen atoms in total. The highest BCUT2D eigenvalue weighted by atomic mass is 16.3. The Balaban J connectivity index is 1.43. The summed E-state index contributed by atoms with van der Waals surface area (Å²) < 4.78 is 0. The van der Waals surface area contributed by atoms with Crippen LogP contribution in [-0.2, 0) is 16.6 Å². The molecule has 0 spiro atoms. The first kappa shape index (κ1) is 23.1. The van der Waals surface area contributed by atoms with Gasteiger partial charge in [-0.15, -0.1) is 0 Å². The molecular weight excluding hydrogens is 416 g/mol. The van der Waals surface area contributed by atoms with Crippen LogP contribution in [0.4, 0.5) is 0 Å². The lowest BCUT2D eigenvalue weighted by Crippen LogP contribution is -2.76. The van der Waals surface area contributed by atoms with Gasteiger partial charge in [-0.05, 0) is 80.2 Å². The van der Waals surface area contributed by atoms with Crippen LogP contribution in [0.25, 0.3) is 0 Å². The number of benzene rings is 1. The van der Waals surface area contributed by atoms with Gasteiger partial charge in [0.2, 0.25) is 5.91 Å². The van der Waals surface area contributed by atoms with E-state index in [-0.39, 0.29) is 17.7 Å². The Labute approximate surface area is 197 Å². The van der Waals surface area contributed by atoms with Crippen molar-refractivity contribution in [3.63, 3.8) is 0 Å². The summed E-state index contributed by atoms with van der Waals surface area (Å²) in [6, 6.07) is 5.06. The van der Waals surface area contributed by atoms with E-state index in [4.69, 9.17) is 0 Å². The molecule has 0 radical (unpaired) electrons. The van der Waals surface area contributed by atoms with Gasteiger partial charge in [0.05, 0.1) is 17.7 Å². The van der Waals surface area contributed by atoms with Crippen LogP contribution >= 0.6 is 0 Å². The second-order valence-corrected chi connectivity index (χ2v) is 11.7. The average Bonchev–Trinajstić information content (AvgIpc) is 3.55. The van der Waals surface area contributed by atoms with Crippen molar-refractivity contribution in [3.8, 4) is 5.75 Å². The number of phenolic OH excluding ortho intramolecular Hbond substituents is 1. The minimum atomic E-state index is -1.05. The van der Waals surface area contributed by atoms with Gasteiger partial charge in [-0.3, -0.25) is 9.69 Å². The molecule has 4 N–H and O–H groups in total. The molecule has 5 rings (SSSR count). The van der Waals surface area contributed by atoms with E-state index >= 15 is 0 Å². The van der Waals surface area contributed by atoms with E-state index in [0.29, 0.717) is 25.2 Å². The molecule has 6 heteroatoms. The fraction of sp³-hybridized carbons (Fsp3) is 0.741. The number of hydrogen-bond donors (Lipinski definition) is 4. The lowest BCUT2D eigenvalue weighted by Gasteiger charge is -2.65. The Bertz CT molecular complexity index is 900. The van der Waals surface area contributed by atoms with Crippen molar-refractivity contribution in [1.82, 2.24) is 10.2 Å². The van der Waals surface area contributed by atoms with Crippen molar-refractivity contribution < 1.29 is 20.1 Å². The lowest BCUT2D eigenvalue weighted by atomic mass is 9.48. The molecule has 5 atom stereocenters. The van der Waals surface area contributed by atoms with E-state index in [2.05, 4.69) is 24.1 Å². The summed E-state index contributed by atoms with van der Waals surface area (Å²) in [6.45, 7) is 6.23. The second-order valence-electron chi connectivity index (χ2n) is 11.7. The van der Waals surface area contributed by atoms with E-state index in [9.17, 15) is 20.1 Å². The van der Waals surface area contributed by atoms with E-state index in [1.54, 1.807) is 6.07 Å². The summed E-state index contributed by atoms with van der Waals surface area (Å²) >= 11 is 0. The highest BCUT2D eigenvalue weighted by Crippen LogP contribution is 2.58. The summed E-state index contributed by atoms with van der Waals surface area (Å²) in [5, 5.41) is 37.0. The Kier molecular flexibility index (Phi) is 5.99. The Morgan fingerprint density at radius 1 is 1.27 bits per heavy atom. The number of aliphatic hydroxyl groups is 2. The van der Waals surface area contributed by atoms with Crippen molar-refractivity contribution in [3.05, 3.63) is 29.3 Å². The van der Waals surface area contributed by atoms with E-state index < -0.39 is 23.2 Å². The van der Waals surface area contributed by atoms with E-state index in [1.807, 2.05) is 12.1 Å². The van der Waals surface area contributed by atoms with Crippen LogP contribution in [0.1, 0.15) is 76.3 Å². The number of carbonyl (C=O) groups excluding carboxylic acids is 1. The number of aromatic hydroxyl groups is 1. The van der Waals surface area contributed by atoms with Crippen LogP contribution in [0.3, 0.4) is 0 Å². The van der Waals surface area contributed by atoms with E-state index in [0.717, 1.165) is 50.3 Å². The maximum atomic E-state index is 12.7. The first-order valence-corrected chi connectivity index (χ1v) is 13.0. The third-order valence-electron chi connectivity index (χ3n) is 8.94. The fourth-order valence-corrected chi connectivity index (χ4v) is 7.03. The first-order chi connectivity index (χ1) is 15.7. The van der Waals surface area contributed by atoms with E-state index in [1.165, 1.54) is 18.4 Å². The van der Waals surface area contributed by atoms with Gasteiger partial charge >= 0.3 is 0 Å². The molecule has 1 aromatic rings. The molecule has 182 valence electrons. The molecule has 1 aromatic carbocycles. The fourth-order valence-electron chi connectivity index (χ4n) is 7.03. The topological polar surface area (TPSA) is 93.0 Å². The lowest BCUT2D eigenvalue weighted by molar-refractivity contribution is -0.190. The number of hydrogen-bond acceptors (Lipinski definition) is 5. The maximum Gasteiger partial charge on any atom is 0.220 e. The van der Waals surface area contributed by atoms with Crippen molar-refractivity contribution in [2.75, 3.05) is 13.1 Å². The number of carbonyl (C=O) groups is 1. The summed E-state index contributed by atoms with van der Waals surface area (Å²) in [5.74, 6) is 1.47. The number of rotatable bonds is 7. The molecule has 1 heterocycles. The molecule has 3 fully saturated rings. The van der Waals surface area contributed by atoms with Gasteiger partial charge in [-0.2, -0.15) is 0 Å². The number of aliphatic hydroxyl groups excluding tert-OH is 1. The molecule has 1 saturated heterocycles. The third kappa shape index (κ3) is 4.08. The summed E-state index contributed by atoms with van der Waals surface area (Å²) in [5.41, 5.74) is 0.526. The number of nitrogens with zero attached hydrogens (tertiary/aromatic N) is 1. The predicted octanol–water partition coefficient (Wildman–Crippen LogP) is 2.87. The molecular formula is C27H40N2O4. The summed E-state index contributed by atoms with van der Waals surface area (Å²) in [4.78, 5) is 15.1. The van der Waals surface area contributed by atoms with Crippen LogP contribution in [-0.4, -0.2) is 63.0 Å². The van der Waals surface area contributed by atoms with Gasteiger partial charge in [-0.25, -0.2) is 0 Å². The van der Waals surface area contributed by atoms with Crippen LogP contribution < -0.4 is 5.32 Å². The van der Waals surface area contributed by atoms with Crippen LogP contribution in [0.2, 0.25) is 0 Å². The molecule has 1 amide bonds. The molecule has 33 heavy (non-hydrogen) atoms. The Morgan fingerprint density at radius 3 is 2.79 bits per heavy atom. The highest BCUT2D eigenvalue weighted by molar-refractivity contribution is 5.76. The van der Waals surface area contributed by atoms with Crippen molar-refractivity contribution in [1.29, 1.82) is 0 Å². The van der Waals surface area contributed by atoms with Crippen molar-refractivity contribution in [2.24, 2.45) is 11.8 Å². The zero-order valence-electron chi connectivity index (χ0n) is 20.1. The quantitative estimate of drug-likeness (QED) is 0.506. The summed E-state index contributed by atoms with van der Waals surface area (Å²) in [7, 11) is 0. The minimum Gasteiger partial charge on any atom is -0.508 e. The first-order valence-electron chi connectivity index (χ1n) is 13.0. The molecule has 4 aliphatic rings. The van der Waals surface area contributed by atoms with Crippen LogP contribution in [0, 0.1) is 11.8 Å². The normalized spacial score (nSPS) is 35.7. The Morgan fingerprint density at radius 2 is 2.06 bits per heavy atom. The van der Waals surface area contributed by atoms with Gasteiger partial charge < -0.3 is 20.6 Å². The van der Waals surface area contributed by atoms with Crippen molar-refractivity contribution >= 4 is 5.91 Å². The largest absolute Gasteiger partial charge is 0.508 e. The SMILES string of the molecule is CC(C)CCCC(=O)NC1CC2(O)C3Cc4ccc(O)cc4C2(CCN3CC2CC2)CC1O. The average molecular weight is 457 g/mol. The molecule has 2 bridgehead atoms. The zero-order valence-corrected chi connectivity index (χ0v) is 20.1. The number of phenols is 1. The number of piperidine rings is 1. The molecule has 3 aliphatic carbocycles. The van der Waals surface area contributed by atoms with Gasteiger partial charge in [0.25, 0.3) is 0 Å². The smallest absolute Gasteiger partial charge is 0.220 e. The van der Waals surface area contributed by atoms with Crippen LogP contribution in [0.15, 0.2) is 18.2 Å².